The number of thioether (sulfide) groups is 1. The van der Waals surface area contributed by atoms with Crippen LogP contribution in [0.5, 0.6) is 5.75 Å². The zero-order chi connectivity index (χ0) is 22.4. The second-order valence-corrected chi connectivity index (χ2v) is 9.59. The zero-order valence-electron chi connectivity index (χ0n) is 16.4. The summed E-state index contributed by atoms with van der Waals surface area (Å²) >= 11 is 6.28. The molecule has 1 fully saturated rings. The Kier molecular flexibility index (Phi) is 7.44. The van der Waals surface area contributed by atoms with Gasteiger partial charge in [-0.15, -0.1) is 4.83 Å². The fraction of sp³-hybridized carbons (Fsp3) is 0.150. The van der Waals surface area contributed by atoms with Crippen molar-refractivity contribution in [1.82, 2.24) is 15.2 Å². The van der Waals surface area contributed by atoms with Crippen LogP contribution in [0.1, 0.15) is 12.5 Å². The molecule has 1 aliphatic rings. The Morgan fingerprint density at radius 1 is 1.16 bits per heavy atom. The summed E-state index contributed by atoms with van der Waals surface area (Å²) in [6, 6.07) is 14.8. The zero-order valence-corrected chi connectivity index (χ0v) is 18.9. The molecule has 1 heterocycles. The van der Waals surface area contributed by atoms with Crippen LogP contribution < -0.4 is 15.0 Å². The van der Waals surface area contributed by atoms with Gasteiger partial charge < -0.3 is 4.74 Å². The van der Waals surface area contributed by atoms with Crippen LogP contribution in [0, 0.1) is 0 Å². The third-order valence-electron chi connectivity index (χ3n) is 4.04. The molecule has 31 heavy (non-hydrogen) atoms. The highest BCUT2D eigenvalue weighted by Crippen LogP contribution is 2.32. The second-order valence-electron chi connectivity index (χ2n) is 6.24. The fourth-order valence-electron chi connectivity index (χ4n) is 2.58. The number of benzene rings is 2. The molecule has 0 aliphatic carbocycles. The molecule has 1 saturated heterocycles. The van der Waals surface area contributed by atoms with Crippen molar-refractivity contribution >= 4 is 56.2 Å². The molecular formula is C20H19N3O5S3. The van der Waals surface area contributed by atoms with E-state index in [0.717, 1.165) is 28.0 Å². The van der Waals surface area contributed by atoms with Gasteiger partial charge in [0.2, 0.25) is 0 Å². The van der Waals surface area contributed by atoms with Crippen molar-refractivity contribution in [3.05, 3.63) is 65.1 Å². The molecule has 0 atom stereocenters. The predicted octanol–water partition coefficient (Wildman–Crippen LogP) is 2.30. The first kappa shape index (κ1) is 22.9. The van der Waals surface area contributed by atoms with Crippen molar-refractivity contribution in [3.8, 4) is 5.75 Å². The highest BCUT2D eigenvalue weighted by atomic mass is 32.2. The molecule has 0 spiro atoms. The van der Waals surface area contributed by atoms with Crippen LogP contribution in [0.25, 0.3) is 6.08 Å². The highest BCUT2D eigenvalue weighted by molar-refractivity contribution is 8.26. The minimum absolute atomic E-state index is 0.000741. The average molecular weight is 478 g/mol. The van der Waals surface area contributed by atoms with Crippen molar-refractivity contribution in [1.29, 1.82) is 0 Å². The summed E-state index contributed by atoms with van der Waals surface area (Å²) in [4.78, 5) is 28.3. The molecule has 2 aromatic rings. The molecule has 11 heteroatoms. The molecule has 2 aromatic carbocycles. The quantitative estimate of drug-likeness (QED) is 0.341. The first-order valence-corrected chi connectivity index (χ1v) is 11.8. The Balaban J connectivity index is 1.61. The molecule has 2 amide bonds. The van der Waals surface area contributed by atoms with Gasteiger partial charge in [-0.2, -0.15) is 0 Å². The monoisotopic (exact) mass is 477 g/mol. The molecule has 0 saturated carbocycles. The number of sulfonamides is 1. The number of carbonyl (C=O) groups excluding carboxylic acids is 2. The van der Waals surface area contributed by atoms with Gasteiger partial charge in [0.25, 0.3) is 21.8 Å². The van der Waals surface area contributed by atoms with Gasteiger partial charge in [-0.1, -0.05) is 54.3 Å². The average Bonchev–Trinajstić information content (AvgIpc) is 3.02. The van der Waals surface area contributed by atoms with Crippen molar-refractivity contribution in [2.45, 2.75) is 11.8 Å². The molecule has 3 rings (SSSR count). The van der Waals surface area contributed by atoms with E-state index in [-0.39, 0.29) is 9.22 Å². The van der Waals surface area contributed by atoms with Crippen LogP contribution in [0.15, 0.2) is 64.4 Å². The third kappa shape index (κ3) is 5.91. The van der Waals surface area contributed by atoms with Crippen LogP contribution in [0.4, 0.5) is 0 Å². The smallest absolute Gasteiger partial charge is 0.266 e. The third-order valence-corrected chi connectivity index (χ3v) is 6.68. The van der Waals surface area contributed by atoms with Crippen molar-refractivity contribution < 1.29 is 22.7 Å². The Hall–Kier alpha value is -2.73. The molecular weight excluding hydrogens is 458 g/mol. The van der Waals surface area contributed by atoms with E-state index in [9.17, 15) is 18.0 Å². The van der Waals surface area contributed by atoms with Gasteiger partial charge in [0.05, 0.1) is 16.4 Å². The second kappa shape index (κ2) is 10.1. The lowest BCUT2D eigenvalue weighted by molar-refractivity contribution is -0.128. The number of rotatable bonds is 8. The summed E-state index contributed by atoms with van der Waals surface area (Å²) in [5.74, 6) is -0.426. The van der Waals surface area contributed by atoms with Crippen LogP contribution in [0.3, 0.4) is 0 Å². The van der Waals surface area contributed by atoms with E-state index in [4.69, 9.17) is 17.0 Å². The molecule has 162 valence electrons. The number of thiocarbonyl (C=S) groups is 1. The van der Waals surface area contributed by atoms with Crippen molar-refractivity contribution in [2.24, 2.45) is 0 Å². The molecule has 0 aromatic heterocycles. The van der Waals surface area contributed by atoms with E-state index in [1.807, 2.05) is 23.9 Å². The molecule has 0 unspecified atom stereocenters. The summed E-state index contributed by atoms with van der Waals surface area (Å²) in [5, 5.41) is 0. The summed E-state index contributed by atoms with van der Waals surface area (Å²) in [5.41, 5.74) is 2.88. The van der Waals surface area contributed by atoms with Gasteiger partial charge >= 0.3 is 0 Å². The summed E-state index contributed by atoms with van der Waals surface area (Å²) < 4.78 is 29.9. The standard InChI is InChI=1S/C20H19N3O5S3/c1-2-28-15-10-8-14(9-11-15)12-17-19(25)23(20(29)30-17)13-18(24)21-22-31(26,27)16-6-4-3-5-7-16/h3-12,22H,2,13H2,1H3,(H,21,24)/b17-12-. The molecule has 2 N–H and O–H groups in total. The Bertz CT molecular complexity index is 1120. The minimum atomic E-state index is -3.92. The van der Waals surface area contributed by atoms with Crippen LogP contribution >= 0.6 is 24.0 Å². The number of ether oxygens (including phenoxy) is 1. The minimum Gasteiger partial charge on any atom is -0.494 e. The van der Waals surface area contributed by atoms with E-state index in [1.165, 1.54) is 12.1 Å². The maximum atomic E-state index is 12.7. The van der Waals surface area contributed by atoms with Crippen molar-refractivity contribution in [3.63, 3.8) is 0 Å². The van der Waals surface area contributed by atoms with Gasteiger partial charge in [-0.25, -0.2) is 8.42 Å². The summed E-state index contributed by atoms with van der Waals surface area (Å²) in [7, 11) is -3.92. The molecule has 1 aliphatic heterocycles. The Morgan fingerprint density at radius 3 is 2.48 bits per heavy atom. The lowest BCUT2D eigenvalue weighted by Crippen LogP contribution is -2.47. The Morgan fingerprint density at radius 2 is 1.84 bits per heavy atom. The number of carbonyl (C=O) groups is 2. The SMILES string of the molecule is CCOc1ccc(/C=C2\SC(=S)N(CC(=O)NNS(=O)(=O)c3ccccc3)C2=O)cc1. The topological polar surface area (TPSA) is 105 Å². The van der Waals surface area contributed by atoms with Gasteiger partial charge in [0.1, 0.15) is 16.6 Å². The van der Waals surface area contributed by atoms with Gasteiger partial charge in [0.15, 0.2) is 0 Å². The largest absolute Gasteiger partial charge is 0.494 e. The number of amides is 2. The van der Waals surface area contributed by atoms with Gasteiger partial charge in [0, 0.05) is 0 Å². The molecule has 8 nitrogen and oxygen atoms in total. The molecule has 0 radical (unpaired) electrons. The molecule has 0 bridgehead atoms. The summed E-state index contributed by atoms with van der Waals surface area (Å²) in [6.07, 6.45) is 1.67. The first-order valence-electron chi connectivity index (χ1n) is 9.14. The number of hydrogen-bond donors (Lipinski definition) is 2. The van der Waals surface area contributed by atoms with Gasteiger partial charge in [-0.3, -0.25) is 19.9 Å². The predicted molar refractivity (Wildman–Crippen MR) is 122 cm³/mol. The van der Waals surface area contributed by atoms with Gasteiger partial charge in [-0.05, 0) is 42.8 Å². The maximum Gasteiger partial charge on any atom is 0.266 e. The maximum absolute atomic E-state index is 12.7. The highest BCUT2D eigenvalue weighted by Gasteiger charge is 2.33. The van der Waals surface area contributed by atoms with E-state index >= 15 is 0 Å². The number of hydrogen-bond acceptors (Lipinski definition) is 7. The van der Waals surface area contributed by atoms with Crippen LogP contribution in [-0.4, -0.2) is 42.6 Å². The van der Waals surface area contributed by atoms with E-state index in [0.29, 0.717) is 11.5 Å². The first-order chi connectivity index (χ1) is 14.8. The fourth-order valence-corrected chi connectivity index (χ4v) is 4.72. The van der Waals surface area contributed by atoms with Crippen molar-refractivity contribution in [2.75, 3.05) is 13.2 Å². The number of hydrazine groups is 1. The Labute approximate surface area is 189 Å². The van der Waals surface area contributed by atoms with Crippen LogP contribution in [0.2, 0.25) is 0 Å². The van der Waals surface area contributed by atoms with E-state index in [2.05, 4.69) is 5.43 Å². The summed E-state index contributed by atoms with van der Waals surface area (Å²) in [6.45, 7) is 2.03. The van der Waals surface area contributed by atoms with E-state index < -0.39 is 28.4 Å². The normalized spacial score (nSPS) is 15.4. The number of nitrogens with one attached hydrogen (secondary N) is 2. The lowest BCUT2D eigenvalue weighted by Gasteiger charge is -2.14. The lowest BCUT2D eigenvalue weighted by atomic mass is 10.2. The van der Waals surface area contributed by atoms with E-state index in [1.54, 1.807) is 36.4 Å². The number of nitrogens with zero attached hydrogens (tertiary/aromatic N) is 1. The van der Waals surface area contributed by atoms with Crippen LogP contribution in [-0.2, 0) is 19.6 Å².